The van der Waals surface area contributed by atoms with E-state index in [0.717, 1.165) is 0 Å². The Kier molecular flexibility index (Phi) is 6.70. The zero-order valence-electron chi connectivity index (χ0n) is 11.2. The monoisotopic (exact) mass is 254 g/mol. The first-order chi connectivity index (χ1) is 7.21. The molecule has 2 nitrogen and oxygen atoms in total. The predicted molar refractivity (Wildman–Crippen MR) is 74.1 cm³/mol. The second-order valence-electron chi connectivity index (χ2n) is 5.41. The smallest absolute Gasteiger partial charge is 0.185 e. The lowest BCUT2D eigenvalue weighted by Crippen LogP contribution is -2.25. The average molecular weight is 254 g/mol. The lowest BCUT2D eigenvalue weighted by molar-refractivity contribution is 0.364. The van der Waals surface area contributed by atoms with Gasteiger partial charge in [0.05, 0.1) is 13.2 Å². The maximum atomic E-state index is 5.56. The topological polar surface area (TPSA) is 18.5 Å². The van der Waals surface area contributed by atoms with Crippen LogP contribution < -0.4 is 0 Å². The first kappa shape index (κ1) is 15.5. The van der Waals surface area contributed by atoms with E-state index >= 15 is 0 Å². The summed E-state index contributed by atoms with van der Waals surface area (Å²) in [7, 11) is -2.85. The Morgan fingerprint density at radius 1 is 0.688 bits per heavy atom. The molecule has 4 heteroatoms. The van der Waals surface area contributed by atoms with Crippen LogP contribution >= 0.6 is 0 Å². The van der Waals surface area contributed by atoms with Gasteiger partial charge in [0.15, 0.2) is 16.6 Å². The van der Waals surface area contributed by atoms with Gasteiger partial charge in [-0.2, -0.15) is 0 Å². The highest BCUT2D eigenvalue weighted by atomic mass is 28.4. The van der Waals surface area contributed by atoms with E-state index in [1.165, 1.54) is 0 Å². The summed E-state index contributed by atoms with van der Waals surface area (Å²) >= 11 is 0. The Balaban J connectivity index is 3.73. The highest BCUT2D eigenvalue weighted by Crippen LogP contribution is 2.01. The van der Waals surface area contributed by atoms with Crippen molar-refractivity contribution in [2.75, 3.05) is 13.2 Å². The third-order valence-corrected chi connectivity index (χ3v) is 3.41. The third kappa shape index (κ3) is 13.5. The van der Waals surface area contributed by atoms with Crippen LogP contribution in [0.25, 0.3) is 0 Å². The van der Waals surface area contributed by atoms with Gasteiger partial charge in [-0.25, -0.2) is 0 Å². The summed E-state index contributed by atoms with van der Waals surface area (Å²) in [6, 6.07) is 0. The van der Waals surface area contributed by atoms with E-state index in [1.807, 2.05) is 0 Å². The highest BCUT2D eigenvalue weighted by Gasteiger charge is 2.12. The zero-order valence-corrected chi connectivity index (χ0v) is 13.2. The lowest BCUT2D eigenvalue weighted by atomic mass is 10.5. The molecule has 0 bridgehead atoms. The first-order valence-corrected chi connectivity index (χ1v) is 12.3. The molecule has 0 aliphatic heterocycles. The second-order valence-corrected chi connectivity index (χ2v) is 14.4. The first-order valence-electron chi connectivity index (χ1n) is 5.44. The molecule has 0 saturated carbocycles. The summed E-state index contributed by atoms with van der Waals surface area (Å²) in [6.45, 7) is 13.8. The van der Waals surface area contributed by atoms with Crippen LogP contribution in [0.1, 0.15) is 0 Å². The minimum atomic E-state index is -1.43. The van der Waals surface area contributed by atoms with Gasteiger partial charge in [-0.05, 0) is 51.1 Å². The molecule has 90 valence electrons. The maximum Gasteiger partial charge on any atom is 0.185 e. The predicted octanol–water partition coefficient (Wildman–Crippen LogP) is 2.70. The van der Waals surface area contributed by atoms with Crippen molar-refractivity contribution >= 4 is 16.6 Å². The van der Waals surface area contributed by atoms with Crippen molar-refractivity contribution in [2.24, 2.45) is 0 Å². The fourth-order valence-corrected chi connectivity index (χ4v) is 1.68. The summed E-state index contributed by atoms with van der Waals surface area (Å²) in [6.07, 6.45) is 0. The highest BCUT2D eigenvalue weighted by molar-refractivity contribution is 6.70. The molecule has 0 saturated heterocycles. The SMILES string of the molecule is C[Si](C)(C)OCC#CC#CCO[Si](C)(C)C. The van der Waals surface area contributed by atoms with E-state index in [4.69, 9.17) is 8.85 Å². The number of rotatable bonds is 4. The van der Waals surface area contributed by atoms with Crippen LogP contribution in [-0.2, 0) is 8.85 Å². The van der Waals surface area contributed by atoms with Crippen LogP contribution in [0.2, 0.25) is 39.3 Å². The molecule has 0 atom stereocenters. The lowest BCUT2D eigenvalue weighted by Gasteiger charge is -2.13. The molecular weight excluding hydrogens is 232 g/mol. The van der Waals surface area contributed by atoms with Crippen molar-refractivity contribution in [3.8, 4) is 23.7 Å². The molecule has 0 aromatic heterocycles. The van der Waals surface area contributed by atoms with Gasteiger partial charge >= 0.3 is 0 Å². The van der Waals surface area contributed by atoms with Gasteiger partial charge in [0.2, 0.25) is 0 Å². The summed E-state index contributed by atoms with van der Waals surface area (Å²) in [5.74, 6) is 11.3. The summed E-state index contributed by atoms with van der Waals surface area (Å²) < 4.78 is 11.1. The van der Waals surface area contributed by atoms with Crippen LogP contribution in [0.15, 0.2) is 0 Å². The van der Waals surface area contributed by atoms with Crippen molar-refractivity contribution in [2.45, 2.75) is 39.3 Å². The Hall–Kier alpha value is -0.526. The standard InChI is InChI=1S/C12H22O2Si2/c1-15(2,3)13-11-9-7-8-10-12-14-16(4,5)6/h11-12H2,1-6H3. The van der Waals surface area contributed by atoms with Gasteiger partial charge in [0.1, 0.15) is 0 Å². The van der Waals surface area contributed by atoms with E-state index in [-0.39, 0.29) is 0 Å². The van der Waals surface area contributed by atoms with Gasteiger partial charge in [0, 0.05) is 0 Å². The van der Waals surface area contributed by atoms with Crippen LogP contribution in [0.3, 0.4) is 0 Å². The molecule has 0 rings (SSSR count). The molecule has 0 heterocycles. The molecule has 0 radical (unpaired) electrons. The zero-order chi connectivity index (χ0) is 12.7. The molecule has 0 aromatic carbocycles. The Bertz CT molecular complexity index is 281. The molecule has 16 heavy (non-hydrogen) atoms. The van der Waals surface area contributed by atoms with Gasteiger partial charge in [0.25, 0.3) is 0 Å². The van der Waals surface area contributed by atoms with Gasteiger partial charge in [-0.1, -0.05) is 11.8 Å². The van der Waals surface area contributed by atoms with E-state index in [2.05, 4.69) is 63.0 Å². The van der Waals surface area contributed by atoms with Gasteiger partial charge in [-0.3, -0.25) is 0 Å². The quantitative estimate of drug-likeness (QED) is 0.567. The molecular formula is C12H22O2Si2. The molecule has 0 aliphatic rings. The van der Waals surface area contributed by atoms with Crippen LogP contribution in [0.4, 0.5) is 0 Å². The van der Waals surface area contributed by atoms with Crippen molar-refractivity contribution in [1.82, 2.24) is 0 Å². The minimum absolute atomic E-state index is 0.485. The van der Waals surface area contributed by atoms with Crippen LogP contribution in [-0.4, -0.2) is 29.8 Å². The van der Waals surface area contributed by atoms with Crippen LogP contribution in [0, 0.1) is 23.7 Å². The molecule has 0 N–H and O–H groups in total. The largest absolute Gasteiger partial charge is 0.407 e. The van der Waals surface area contributed by atoms with Crippen LogP contribution in [0.5, 0.6) is 0 Å². The van der Waals surface area contributed by atoms with Gasteiger partial charge < -0.3 is 8.85 Å². The van der Waals surface area contributed by atoms with Crippen molar-refractivity contribution in [3.05, 3.63) is 0 Å². The normalized spacial score (nSPS) is 11.1. The summed E-state index contributed by atoms with van der Waals surface area (Å²) in [4.78, 5) is 0. The second kappa shape index (κ2) is 6.93. The number of hydrogen-bond donors (Lipinski definition) is 0. The summed E-state index contributed by atoms with van der Waals surface area (Å²) in [5, 5.41) is 0. The molecule has 0 fully saturated rings. The molecule has 0 amide bonds. The van der Waals surface area contributed by atoms with E-state index in [1.54, 1.807) is 0 Å². The third-order valence-electron chi connectivity index (χ3n) is 1.39. The molecule has 0 unspecified atom stereocenters. The van der Waals surface area contributed by atoms with Crippen molar-refractivity contribution in [3.63, 3.8) is 0 Å². The number of hydrogen-bond acceptors (Lipinski definition) is 2. The minimum Gasteiger partial charge on any atom is -0.407 e. The average Bonchev–Trinajstić information content (AvgIpc) is 2.06. The molecule has 0 aromatic rings. The summed E-state index contributed by atoms with van der Waals surface area (Å²) in [5.41, 5.74) is 0. The van der Waals surface area contributed by atoms with E-state index < -0.39 is 16.6 Å². The van der Waals surface area contributed by atoms with Crippen molar-refractivity contribution < 1.29 is 8.85 Å². The Morgan fingerprint density at radius 2 is 1.00 bits per heavy atom. The Morgan fingerprint density at radius 3 is 1.25 bits per heavy atom. The fraction of sp³-hybridized carbons (Fsp3) is 0.667. The maximum absolute atomic E-state index is 5.56. The molecule has 0 aliphatic carbocycles. The molecule has 0 spiro atoms. The van der Waals surface area contributed by atoms with E-state index in [0.29, 0.717) is 13.2 Å². The fourth-order valence-electron chi connectivity index (χ4n) is 0.666. The van der Waals surface area contributed by atoms with Gasteiger partial charge in [-0.15, -0.1) is 0 Å². The van der Waals surface area contributed by atoms with Crippen molar-refractivity contribution in [1.29, 1.82) is 0 Å². The Labute approximate surface area is 102 Å². The van der Waals surface area contributed by atoms with E-state index in [9.17, 15) is 0 Å².